The van der Waals surface area contributed by atoms with Gasteiger partial charge in [-0.25, -0.2) is 0 Å². The lowest BCUT2D eigenvalue weighted by molar-refractivity contribution is -0.143. The topological polar surface area (TPSA) is 251 Å². The normalized spacial score (nSPS) is 25.6. The summed E-state index contributed by atoms with van der Waals surface area (Å²) in [5, 5.41) is 36.0. The molecule has 5 unspecified atom stereocenters. The van der Waals surface area contributed by atoms with E-state index in [0.717, 1.165) is 5.52 Å². The number of H-pyrrole nitrogens is 1. The smallest absolute Gasteiger partial charge is 0.268 e. The predicted octanol–water partition coefficient (Wildman–Crippen LogP) is -1.63. The van der Waals surface area contributed by atoms with Gasteiger partial charge in [0, 0.05) is 29.2 Å². The third-order valence-corrected chi connectivity index (χ3v) is 8.89. The predicted molar refractivity (Wildman–Crippen MR) is 188 cm³/mol. The zero-order chi connectivity index (χ0) is 38.1. The lowest BCUT2D eigenvalue weighted by Crippen LogP contribution is -2.58. The fraction of sp³-hybridized carbons (Fsp3) is 0.514. The van der Waals surface area contributed by atoms with Crippen molar-refractivity contribution in [3.8, 4) is 0 Å². The number of fused-ring (bicyclic) bond motifs is 2. The van der Waals surface area contributed by atoms with Crippen LogP contribution in [0.1, 0.15) is 52.5 Å². The summed E-state index contributed by atoms with van der Waals surface area (Å²) in [6.45, 7) is 4.87. The van der Waals surface area contributed by atoms with Gasteiger partial charge in [-0.05, 0) is 43.2 Å². The van der Waals surface area contributed by atoms with Crippen molar-refractivity contribution in [2.24, 2.45) is 11.8 Å². The van der Waals surface area contributed by atoms with Gasteiger partial charge in [0.15, 0.2) is 0 Å². The number of benzene rings is 1. The SMILES string of the molecule is CC(C)CC1NC(=O)C(=Cc2c[nH]c3ccccc23)NC(=O)C(CO)NC(=O)C2CCCN2C(=O)C(CO)NC(=O)CNC(=O)C(C(C)C)NC1=O. The van der Waals surface area contributed by atoms with E-state index in [0.29, 0.717) is 17.4 Å². The number of carbonyl (C=O) groups is 7. The molecule has 1 aromatic carbocycles. The Hall–Kier alpha value is -5.29. The summed E-state index contributed by atoms with van der Waals surface area (Å²) >= 11 is 0. The van der Waals surface area contributed by atoms with Crippen LogP contribution in [0.4, 0.5) is 0 Å². The van der Waals surface area contributed by atoms with E-state index >= 15 is 0 Å². The number of amides is 7. The molecule has 17 nitrogen and oxygen atoms in total. The molecular weight excluding hydrogens is 676 g/mol. The van der Waals surface area contributed by atoms with Gasteiger partial charge in [0.2, 0.25) is 35.4 Å². The van der Waals surface area contributed by atoms with Gasteiger partial charge in [0.05, 0.1) is 19.8 Å². The highest BCUT2D eigenvalue weighted by Gasteiger charge is 2.39. The number of hydrogen-bond donors (Lipinski definition) is 9. The molecule has 9 N–H and O–H groups in total. The number of rotatable bonds is 6. The lowest BCUT2D eigenvalue weighted by Gasteiger charge is -2.29. The second-order valence-electron chi connectivity index (χ2n) is 13.7. The molecule has 0 bridgehead atoms. The van der Waals surface area contributed by atoms with Crippen molar-refractivity contribution in [2.45, 2.75) is 77.2 Å². The minimum absolute atomic E-state index is 0.109. The monoisotopic (exact) mass is 724 g/mol. The summed E-state index contributed by atoms with van der Waals surface area (Å²) in [4.78, 5) is 98.4. The van der Waals surface area contributed by atoms with Gasteiger partial charge in [-0.1, -0.05) is 45.9 Å². The van der Waals surface area contributed by atoms with Crippen LogP contribution in [0.2, 0.25) is 0 Å². The van der Waals surface area contributed by atoms with Crippen molar-refractivity contribution in [1.29, 1.82) is 0 Å². The Bertz CT molecular complexity index is 1700. The molecule has 2 aliphatic heterocycles. The molecule has 282 valence electrons. The average molecular weight is 725 g/mol. The van der Waals surface area contributed by atoms with E-state index in [1.54, 1.807) is 32.2 Å². The van der Waals surface area contributed by atoms with Crippen LogP contribution in [-0.2, 0) is 33.6 Å². The van der Waals surface area contributed by atoms with Crippen molar-refractivity contribution >= 4 is 58.3 Å². The zero-order valence-corrected chi connectivity index (χ0v) is 29.7. The Balaban J connectivity index is 1.75. The Morgan fingerprint density at radius 2 is 1.54 bits per heavy atom. The van der Waals surface area contributed by atoms with E-state index in [4.69, 9.17) is 0 Å². The van der Waals surface area contributed by atoms with Crippen LogP contribution in [0.25, 0.3) is 17.0 Å². The average Bonchev–Trinajstić information content (AvgIpc) is 3.77. The highest BCUT2D eigenvalue weighted by atomic mass is 16.3. The fourth-order valence-corrected chi connectivity index (χ4v) is 6.15. The number of aliphatic hydroxyl groups excluding tert-OH is 2. The van der Waals surface area contributed by atoms with Crippen LogP contribution in [-0.4, -0.2) is 118 Å². The number of aliphatic hydroxyl groups is 2. The van der Waals surface area contributed by atoms with Crippen molar-refractivity contribution < 1.29 is 43.8 Å². The molecule has 52 heavy (non-hydrogen) atoms. The van der Waals surface area contributed by atoms with E-state index in [9.17, 15) is 43.8 Å². The van der Waals surface area contributed by atoms with Crippen LogP contribution in [0.5, 0.6) is 0 Å². The van der Waals surface area contributed by atoms with E-state index in [1.807, 2.05) is 26.0 Å². The van der Waals surface area contributed by atoms with E-state index in [-0.39, 0.29) is 31.0 Å². The number of hydrogen-bond acceptors (Lipinski definition) is 9. The molecule has 0 saturated carbocycles. The fourth-order valence-electron chi connectivity index (χ4n) is 6.15. The molecule has 2 aliphatic rings. The van der Waals surface area contributed by atoms with Gasteiger partial charge in [0.1, 0.15) is 35.9 Å². The van der Waals surface area contributed by atoms with E-state index < -0.39 is 97.2 Å². The number of aromatic amines is 1. The highest BCUT2D eigenvalue weighted by Crippen LogP contribution is 2.21. The van der Waals surface area contributed by atoms with Crippen LogP contribution in [0, 0.1) is 11.8 Å². The summed E-state index contributed by atoms with van der Waals surface area (Å²) in [5.74, 6) is -6.14. The molecule has 2 aromatic rings. The summed E-state index contributed by atoms with van der Waals surface area (Å²) < 4.78 is 0. The Morgan fingerprint density at radius 3 is 2.21 bits per heavy atom. The summed E-state index contributed by atoms with van der Waals surface area (Å²) in [6, 6.07) is 0.802. The van der Waals surface area contributed by atoms with Crippen molar-refractivity contribution in [3.05, 3.63) is 41.7 Å². The Labute approximate surface area is 300 Å². The second kappa shape index (κ2) is 17.8. The number of carbonyl (C=O) groups excluding carboxylic acids is 7. The third-order valence-electron chi connectivity index (χ3n) is 8.89. The minimum Gasteiger partial charge on any atom is -0.394 e. The molecule has 2 fully saturated rings. The van der Waals surface area contributed by atoms with E-state index in [2.05, 4.69) is 36.9 Å². The van der Waals surface area contributed by atoms with E-state index in [1.165, 1.54) is 11.0 Å². The molecule has 5 atom stereocenters. The standard InChI is InChI=1S/C35H48N8O9/c1-18(2)12-23-31(48)42-29(19(3)4)34(51)37-15-28(46)38-26(17-45)35(52)43-11-7-10-27(43)33(50)41-25(16-44)32(49)40-24(30(47)39-23)13-20-14-36-22-9-6-5-8-21(20)22/h5-6,8-9,13-14,18-19,23,25-27,29,36,44-45H,7,10-12,15-17H2,1-4H3,(H,37,51)(H,38,46)(H,39,47)(H,40,49)(H,41,50)(H,42,48). The first-order valence-electron chi connectivity index (χ1n) is 17.3. The number of nitrogens with one attached hydrogen (secondary N) is 7. The number of aromatic nitrogens is 1. The van der Waals surface area contributed by atoms with Crippen LogP contribution in [0.3, 0.4) is 0 Å². The molecule has 17 heteroatoms. The molecule has 7 amide bonds. The maximum absolute atomic E-state index is 14.0. The minimum atomic E-state index is -1.56. The van der Waals surface area contributed by atoms with Crippen LogP contribution < -0.4 is 31.9 Å². The Kier molecular flexibility index (Phi) is 13.5. The van der Waals surface area contributed by atoms with Crippen molar-refractivity contribution in [1.82, 2.24) is 41.8 Å². The quantitative estimate of drug-likeness (QED) is 0.155. The van der Waals surface area contributed by atoms with Crippen LogP contribution in [0.15, 0.2) is 36.2 Å². The molecule has 1 aromatic heterocycles. The number of para-hydroxylation sites is 1. The van der Waals surface area contributed by atoms with Gasteiger partial charge in [-0.2, -0.15) is 0 Å². The molecule has 2 saturated heterocycles. The Morgan fingerprint density at radius 1 is 0.827 bits per heavy atom. The van der Waals surface area contributed by atoms with Gasteiger partial charge in [0.25, 0.3) is 5.91 Å². The summed E-state index contributed by atoms with van der Waals surface area (Å²) in [7, 11) is 0. The summed E-state index contributed by atoms with van der Waals surface area (Å²) in [6.07, 6.45) is 3.76. The lowest BCUT2D eigenvalue weighted by atomic mass is 9.99. The first-order chi connectivity index (χ1) is 24.7. The van der Waals surface area contributed by atoms with Crippen molar-refractivity contribution in [3.63, 3.8) is 0 Å². The largest absolute Gasteiger partial charge is 0.394 e. The maximum atomic E-state index is 14.0. The zero-order valence-electron chi connectivity index (χ0n) is 29.7. The first kappa shape index (κ1) is 39.5. The first-order valence-corrected chi connectivity index (χ1v) is 17.3. The summed E-state index contributed by atoms with van der Waals surface area (Å²) in [5.41, 5.74) is 0.954. The molecule has 0 spiro atoms. The number of nitrogens with zero attached hydrogens (tertiary/aromatic N) is 1. The second-order valence-corrected chi connectivity index (χ2v) is 13.7. The molecule has 0 aliphatic carbocycles. The van der Waals surface area contributed by atoms with Gasteiger partial charge in [-0.15, -0.1) is 0 Å². The van der Waals surface area contributed by atoms with Crippen LogP contribution >= 0.6 is 0 Å². The van der Waals surface area contributed by atoms with Crippen molar-refractivity contribution in [2.75, 3.05) is 26.3 Å². The van der Waals surface area contributed by atoms with Gasteiger partial charge >= 0.3 is 0 Å². The molecular formula is C35H48N8O9. The molecule has 4 rings (SSSR count). The molecule has 0 radical (unpaired) electrons. The molecule has 3 heterocycles. The highest BCUT2D eigenvalue weighted by molar-refractivity contribution is 6.06. The third kappa shape index (κ3) is 9.73. The van der Waals surface area contributed by atoms with Gasteiger partial charge in [-0.3, -0.25) is 33.6 Å². The van der Waals surface area contributed by atoms with Gasteiger partial charge < -0.3 is 52.0 Å². The maximum Gasteiger partial charge on any atom is 0.268 e.